The Labute approximate surface area is 174 Å². The second-order valence-corrected chi connectivity index (χ2v) is 6.87. The third kappa shape index (κ3) is 9.60. The molecule has 0 spiro atoms. The fourth-order valence-electron chi connectivity index (χ4n) is 2.38. The van der Waals surface area contributed by atoms with Gasteiger partial charge >= 0.3 is 0 Å². The number of aromatic nitrogens is 1. The van der Waals surface area contributed by atoms with Crippen molar-refractivity contribution in [2.75, 3.05) is 24.8 Å². The van der Waals surface area contributed by atoms with Gasteiger partial charge in [0.05, 0.1) is 18.5 Å². The molecule has 1 heterocycles. The minimum atomic E-state index is 0.250. The van der Waals surface area contributed by atoms with Crippen molar-refractivity contribution >= 4 is 24.2 Å². The molecule has 1 aromatic heterocycles. The van der Waals surface area contributed by atoms with Crippen LogP contribution in [0.25, 0.3) is 0 Å². The largest absolute Gasteiger partial charge is 0.481 e. The summed E-state index contributed by atoms with van der Waals surface area (Å²) in [4.78, 5) is 23.2. The van der Waals surface area contributed by atoms with Crippen LogP contribution in [0.4, 0.5) is 11.4 Å². The van der Waals surface area contributed by atoms with Crippen LogP contribution in [0.1, 0.15) is 56.4 Å². The molecule has 0 fully saturated rings. The lowest BCUT2D eigenvalue weighted by atomic mass is 10.0. The first-order valence-corrected chi connectivity index (χ1v) is 9.43. The number of benzene rings is 1. The van der Waals surface area contributed by atoms with E-state index in [0.717, 1.165) is 17.1 Å². The molecule has 0 aliphatic carbocycles. The number of nitrogens with one attached hydrogen (secondary N) is 2. The van der Waals surface area contributed by atoms with Gasteiger partial charge in [0.15, 0.2) is 0 Å². The first-order chi connectivity index (χ1) is 13.7. The van der Waals surface area contributed by atoms with E-state index in [0.29, 0.717) is 24.1 Å². The van der Waals surface area contributed by atoms with Crippen molar-refractivity contribution in [1.82, 2.24) is 4.98 Å². The predicted octanol–water partition coefficient (Wildman–Crippen LogP) is 4.04. The minimum absolute atomic E-state index is 0.250. The molecule has 160 valence electrons. The van der Waals surface area contributed by atoms with Crippen LogP contribution in [0.2, 0.25) is 0 Å². The summed E-state index contributed by atoms with van der Waals surface area (Å²) in [5.41, 5.74) is 9.47. The first kappa shape index (κ1) is 25.9. The Hall–Kier alpha value is -3.09. The van der Waals surface area contributed by atoms with Crippen LogP contribution in [0.15, 0.2) is 30.3 Å². The molecule has 2 rings (SSSR count). The quantitative estimate of drug-likeness (QED) is 0.632. The van der Waals surface area contributed by atoms with Gasteiger partial charge in [-0.2, -0.15) is 0 Å². The van der Waals surface area contributed by atoms with E-state index in [1.807, 2.05) is 25.2 Å². The van der Waals surface area contributed by atoms with Gasteiger partial charge in [-0.3, -0.25) is 9.59 Å². The number of nitrogens with two attached hydrogens (primary N) is 1. The highest BCUT2D eigenvalue weighted by atomic mass is 16.5. The van der Waals surface area contributed by atoms with Crippen molar-refractivity contribution in [3.63, 3.8) is 0 Å². The van der Waals surface area contributed by atoms with Crippen molar-refractivity contribution in [2.24, 2.45) is 5.73 Å². The summed E-state index contributed by atoms with van der Waals surface area (Å²) >= 11 is 0. The normalized spacial score (nSPS) is 9.55. The van der Waals surface area contributed by atoms with Gasteiger partial charge in [0.1, 0.15) is 0 Å². The summed E-state index contributed by atoms with van der Waals surface area (Å²) in [5.74, 6) is 1.66. The number of methoxy groups -OCH3 is 1. The maximum absolute atomic E-state index is 10.3. The van der Waals surface area contributed by atoms with Crippen LogP contribution in [-0.4, -0.2) is 32.0 Å². The summed E-state index contributed by atoms with van der Waals surface area (Å²) in [6.45, 7) is 10.6. The zero-order chi connectivity index (χ0) is 22.4. The molecule has 0 unspecified atom stereocenters. The number of carbonyl (C=O) groups excluding carboxylic acids is 2. The molecule has 2 amide bonds. The Morgan fingerprint density at radius 3 is 2.10 bits per heavy atom. The standard InChI is InChI=1S/C11H16N2O.C10H15NO.CH3NO/c1-8(2)9-4-5-10(13-7-14)11(6-9)12-3;1-7(2)9-5-8(3)6-10(11-9)12-4;2-1-3/h4-8,12H,1-3H3,(H,13,14);5-7H,1-4H3;1H,(H2,2,3). The molecule has 0 bridgehead atoms. The molecule has 1 aromatic carbocycles. The maximum atomic E-state index is 10.3. The maximum Gasteiger partial charge on any atom is 0.213 e. The zero-order valence-corrected chi connectivity index (χ0v) is 18.4. The second kappa shape index (κ2) is 14.0. The molecule has 7 nitrogen and oxygen atoms in total. The van der Waals surface area contributed by atoms with Crippen LogP contribution in [-0.2, 0) is 9.59 Å². The van der Waals surface area contributed by atoms with Gasteiger partial charge in [0.25, 0.3) is 0 Å². The van der Waals surface area contributed by atoms with Gasteiger partial charge in [0.2, 0.25) is 18.7 Å². The molecule has 0 aliphatic heterocycles. The van der Waals surface area contributed by atoms with E-state index in [2.05, 4.69) is 68.1 Å². The van der Waals surface area contributed by atoms with E-state index >= 15 is 0 Å². The van der Waals surface area contributed by atoms with E-state index < -0.39 is 0 Å². The number of aryl methyl sites for hydroxylation is 1. The van der Waals surface area contributed by atoms with Crippen LogP contribution >= 0.6 is 0 Å². The Kier molecular flexibility index (Phi) is 12.5. The topological polar surface area (TPSA) is 106 Å². The number of amides is 2. The molecule has 0 atom stereocenters. The number of hydrogen-bond acceptors (Lipinski definition) is 5. The third-order valence-electron chi connectivity index (χ3n) is 3.96. The van der Waals surface area contributed by atoms with Crippen LogP contribution in [0.5, 0.6) is 5.88 Å². The molecule has 0 saturated carbocycles. The van der Waals surface area contributed by atoms with Crippen LogP contribution in [0.3, 0.4) is 0 Å². The fourth-order valence-corrected chi connectivity index (χ4v) is 2.38. The van der Waals surface area contributed by atoms with Crippen LogP contribution < -0.4 is 21.1 Å². The first-order valence-electron chi connectivity index (χ1n) is 9.43. The van der Waals surface area contributed by atoms with Gasteiger partial charge < -0.3 is 21.1 Å². The highest BCUT2D eigenvalue weighted by Gasteiger charge is 2.04. The van der Waals surface area contributed by atoms with E-state index in [1.165, 1.54) is 11.1 Å². The van der Waals surface area contributed by atoms with E-state index in [9.17, 15) is 4.79 Å². The molecule has 2 aromatic rings. The highest BCUT2D eigenvalue weighted by Crippen LogP contribution is 2.26. The second-order valence-electron chi connectivity index (χ2n) is 6.87. The van der Waals surface area contributed by atoms with Gasteiger partial charge in [-0.05, 0) is 48.1 Å². The molecule has 4 N–H and O–H groups in total. The number of hydrogen-bond donors (Lipinski definition) is 3. The molecule has 0 saturated heterocycles. The molecule has 29 heavy (non-hydrogen) atoms. The van der Waals surface area contributed by atoms with E-state index in [1.54, 1.807) is 7.11 Å². The highest BCUT2D eigenvalue weighted by molar-refractivity contribution is 5.81. The Morgan fingerprint density at radius 2 is 1.66 bits per heavy atom. The van der Waals surface area contributed by atoms with Crippen molar-refractivity contribution in [1.29, 1.82) is 0 Å². The molecule has 7 heteroatoms. The number of rotatable bonds is 6. The number of nitrogens with zero attached hydrogens (tertiary/aromatic N) is 1. The average Bonchev–Trinajstić information content (AvgIpc) is 2.68. The lowest BCUT2D eigenvalue weighted by Crippen LogP contribution is -2.00. The lowest BCUT2D eigenvalue weighted by Gasteiger charge is -2.12. The van der Waals surface area contributed by atoms with Crippen molar-refractivity contribution < 1.29 is 14.3 Å². The monoisotopic (exact) mass is 402 g/mol. The van der Waals surface area contributed by atoms with Gasteiger partial charge in [-0.25, -0.2) is 4.98 Å². The van der Waals surface area contributed by atoms with Crippen molar-refractivity contribution in [2.45, 2.75) is 46.5 Å². The molecule has 0 radical (unpaired) electrons. The molecular weight excluding hydrogens is 368 g/mol. The molecular formula is C22H34N4O3. The smallest absolute Gasteiger partial charge is 0.213 e. The van der Waals surface area contributed by atoms with Crippen molar-refractivity contribution in [3.05, 3.63) is 47.2 Å². The van der Waals surface area contributed by atoms with E-state index in [-0.39, 0.29) is 6.41 Å². The predicted molar refractivity (Wildman–Crippen MR) is 120 cm³/mol. The van der Waals surface area contributed by atoms with Gasteiger partial charge in [-0.15, -0.1) is 0 Å². The number of carbonyl (C=O) groups is 2. The summed E-state index contributed by atoms with van der Waals surface area (Å²) in [7, 11) is 3.49. The number of anilines is 2. The van der Waals surface area contributed by atoms with Gasteiger partial charge in [-0.1, -0.05) is 33.8 Å². The summed E-state index contributed by atoms with van der Waals surface area (Å²) in [5, 5.41) is 5.70. The molecule has 0 aliphatic rings. The summed E-state index contributed by atoms with van der Waals surface area (Å²) in [6.07, 6.45) is 0.936. The third-order valence-corrected chi connectivity index (χ3v) is 3.96. The van der Waals surface area contributed by atoms with Gasteiger partial charge in [0, 0.05) is 18.8 Å². The SMILES string of the molecule is CNc1cc(C(C)C)ccc1NC=O.COc1cc(C)cc(C(C)C)n1.NC=O. The number of pyridine rings is 1. The summed E-state index contributed by atoms with van der Waals surface area (Å²) < 4.78 is 5.07. The lowest BCUT2D eigenvalue weighted by molar-refractivity contribution is -0.107. The summed E-state index contributed by atoms with van der Waals surface area (Å²) in [6, 6.07) is 10.0. The Balaban J connectivity index is 0.000000481. The Bertz CT molecular complexity index is 762. The number of ether oxygens (including phenoxy) is 1. The minimum Gasteiger partial charge on any atom is -0.481 e. The Morgan fingerprint density at radius 1 is 1.03 bits per heavy atom. The van der Waals surface area contributed by atoms with Crippen molar-refractivity contribution in [3.8, 4) is 5.88 Å². The number of primary amides is 1. The zero-order valence-electron chi connectivity index (χ0n) is 18.4. The average molecular weight is 403 g/mol. The fraction of sp³-hybridized carbons (Fsp3) is 0.409. The van der Waals surface area contributed by atoms with E-state index in [4.69, 9.17) is 9.53 Å². The van der Waals surface area contributed by atoms with Crippen LogP contribution in [0, 0.1) is 6.92 Å².